The number of likely N-dealkylation sites (tertiary alicyclic amines) is 2. The average molecular weight is 396 g/mol. The summed E-state index contributed by atoms with van der Waals surface area (Å²) >= 11 is 0. The molecule has 2 fully saturated rings. The normalized spacial score (nSPS) is 22.0. The summed E-state index contributed by atoms with van der Waals surface area (Å²) in [6.07, 6.45) is 3.88. The molecule has 1 aromatic carbocycles. The topological polar surface area (TPSA) is 98.8 Å². The van der Waals surface area contributed by atoms with Crippen LogP contribution in [-0.4, -0.2) is 67.0 Å². The molecule has 0 aliphatic carbocycles. The molecule has 3 heterocycles. The van der Waals surface area contributed by atoms with Gasteiger partial charge in [0.15, 0.2) is 0 Å². The molecule has 0 spiro atoms. The predicted octanol–water partition coefficient (Wildman–Crippen LogP) is 1.76. The highest BCUT2D eigenvalue weighted by Crippen LogP contribution is 2.26. The molecule has 29 heavy (non-hydrogen) atoms. The number of furan rings is 1. The Kier molecular flexibility index (Phi) is 5.41. The number of methoxy groups -OCH3 is 1. The molecule has 2 saturated heterocycles. The number of hydrogen-bond donors (Lipinski definition) is 1. The molecular weight excluding hydrogens is 372 g/mol. The van der Waals surface area contributed by atoms with Gasteiger partial charge in [-0.3, -0.25) is 14.5 Å². The van der Waals surface area contributed by atoms with Crippen molar-refractivity contribution in [2.45, 2.75) is 31.3 Å². The van der Waals surface area contributed by atoms with Gasteiger partial charge in [-0.1, -0.05) is 0 Å². The van der Waals surface area contributed by atoms with Crippen molar-refractivity contribution in [3.05, 3.63) is 30.0 Å². The molecule has 0 bridgehead atoms. The van der Waals surface area contributed by atoms with Crippen LogP contribution in [0, 0.1) is 11.3 Å². The maximum absolute atomic E-state index is 12.8. The van der Waals surface area contributed by atoms with Crippen molar-refractivity contribution in [3.8, 4) is 11.8 Å². The van der Waals surface area contributed by atoms with Crippen molar-refractivity contribution in [1.82, 2.24) is 15.1 Å². The van der Waals surface area contributed by atoms with Crippen LogP contribution in [-0.2, 0) is 4.79 Å². The Morgan fingerprint density at radius 1 is 1.34 bits per heavy atom. The lowest BCUT2D eigenvalue weighted by atomic mass is 10.1. The number of ether oxygens (including phenoxy) is 1. The number of amides is 2. The molecule has 1 aromatic heterocycles. The molecule has 2 aliphatic heterocycles. The van der Waals surface area contributed by atoms with Crippen LogP contribution in [0.5, 0.6) is 5.75 Å². The van der Waals surface area contributed by atoms with Crippen LogP contribution in [0.15, 0.2) is 28.9 Å². The zero-order chi connectivity index (χ0) is 20.4. The number of fused-ring (bicyclic) bond motifs is 1. The Hall–Kier alpha value is -3.05. The number of rotatable bonds is 5. The zero-order valence-corrected chi connectivity index (χ0v) is 16.4. The molecule has 8 nitrogen and oxygen atoms in total. The summed E-state index contributed by atoms with van der Waals surface area (Å²) in [4.78, 5) is 29.0. The first-order valence-corrected chi connectivity index (χ1v) is 9.86. The standard InChI is InChI=1S/C21H24N4O4/c1-28-16-4-5-19-17(9-16)18(13-29-19)21(27)23-14-6-8-24(11-14)12-20(26)25-7-2-3-15(25)10-22/h4-5,9,13-15H,2-3,6-8,11-12H2,1H3,(H,23,27)/t14-,15-/m0/s1. The van der Waals surface area contributed by atoms with Gasteiger partial charge >= 0.3 is 0 Å². The van der Waals surface area contributed by atoms with Crippen LogP contribution in [0.3, 0.4) is 0 Å². The Morgan fingerprint density at radius 3 is 3.00 bits per heavy atom. The van der Waals surface area contributed by atoms with Crippen LogP contribution in [0.4, 0.5) is 0 Å². The molecule has 2 atom stereocenters. The number of carbonyl (C=O) groups is 2. The monoisotopic (exact) mass is 396 g/mol. The SMILES string of the molecule is COc1ccc2occ(C(=O)N[C@H]3CCN(CC(=O)N4CCC[C@H]4C#N)C3)c2c1. The number of nitriles is 1. The van der Waals surface area contributed by atoms with Crippen LogP contribution in [0.2, 0.25) is 0 Å². The van der Waals surface area contributed by atoms with Gasteiger partial charge in [0.2, 0.25) is 5.91 Å². The Balaban J connectivity index is 1.35. The first-order valence-electron chi connectivity index (χ1n) is 9.86. The van der Waals surface area contributed by atoms with Crippen molar-refractivity contribution in [1.29, 1.82) is 5.26 Å². The van der Waals surface area contributed by atoms with Crippen molar-refractivity contribution in [3.63, 3.8) is 0 Å². The Morgan fingerprint density at radius 2 is 2.21 bits per heavy atom. The van der Waals surface area contributed by atoms with Gasteiger partial charge in [-0.2, -0.15) is 5.26 Å². The van der Waals surface area contributed by atoms with Crippen LogP contribution >= 0.6 is 0 Å². The van der Waals surface area contributed by atoms with E-state index >= 15 is 0 Å². The summed E-state index contributed by atoms with van der Waals surface area (Å²) in [5, 5.41) is 12.9. The first-order chi connectivity index (χ1) is 14.1. The second-order valence-corrected chi connectivity index (χ2v) is 7.58. The van der Waals surface area contributed by atoms with Gasteiger partial charge in [-0.15, -0.1) is 0 Å². The second kappa shape index (κ2) is 8.13. The van der Waals surface area contributed by atoms with Gasteiger partial charge in [0.05, 0.1) is 25.3 Å². The molecule has 2 amide bonds. The smallest absolute Gasteiger partial charge is 0.255 e. The first kappa shape index (κ1) is 19.3. The molecule has 0 saturated carbocycles. The largest absolute Gasteiger partial charge is 0.497 e. The van der Waals surface area contributed by atoms with E-state index < -0.39 is 0 Å². The van der Waals surface area contributed by atoms with Crippen molar-refractivity contribution in [2.75, 3.05) is 33.3 Å². The molecule has 152 valence electrons. The average Bonchev–Trinajstić information content (AvgIpc) is 3.46. The fourth-order valence-corrected chi connectivity index (χ4v) is 4.15. The third-order valence-electron chi connectivity index (χ3n) is 5.71. The maximum atomic E-state index is 12.8. The van der Waals surface area contributed by atoms with E-state index in [1.165, 1.54) is 6.26 Å². The molecule has 0 unspecified atom stereocenters. The van der Waals surface area contributed by atoms with Crippen molar-refractivity contribution >= 4 is 22.8 Å². The number of benzene rings is 1. The number of nitrogens with one attached hydrogen (secondary N) is 1. The van der Waals surface area contributed by atoms with Crippen LogP contribution < -0.4 is 10.1 Å². The van der Waals surface area contributed by atoms with E-state index in [0.29, 0.717) is 35.4 Å². The lowest BCUT2D eigenvalue weighted by Crippen LogP contribution is -2.43. The quantitative estimate of drug-likeness (QED) is 0.827. The highest BCUT2D eigenvalue weighted by Gasteiger charge is 2.32. The second-order valence-electron chi connectivity index (χ2n) is 7.58. The van der Waals surface area contributed by atoms with E-state index in [1.807, 2.05) is 4.90 Å². The van der Waals surface area contributed by atoms with Gasteiger partial charge in [0.25, 0.3) is 5.91 Å². The molecule has 2 aromatic rings. The fraction of sp³-hybridized carbons (Fsp3) is 0.476. The minimum atomic E-state index is -0.299. The van der Waals surface area contributed by atoms with E-state index in [-0.39, 0.29) is 30.4 Å². The third-order valence-corrected chi connectivity index (χ3v) is 5.71. The summed E-state index contributed by atoms with van der Waals surface area (Å²) in [5.41, 5.74) is 1.11. The lowest BCUT2D eigenvalue weighted by Gasteiger charge is -2.23. The zero-order valence-electron chi connectivity index (χ0n) is 16.4. The minimum absolute atomic E-state index is 0.00560. The van der Waals surface area contributed by atoms with Crippen molar-refractivity contribution in [2.24, 2.45) is 0 Å². The van der Waals surface area contributed by atoms with Gasteiger partial charge in [-0.25, -0.2) is 0 Å². The molecular formula is C21H24N4O4. The molecule has 1 N–H and O–H groups in total. The van der Waals surface area contributed by atoms with Gasteiger partial charge in [-0.05, 0) is 37.5 Å². The molecule has 2 aliphatic rings. The van der Waals surface area contributed by atoms with E-state index in [0.717, 1.165) is 25.8 Å². The number of hydrogen-bond acceptors (Lipinski definition) is 6. The Labute approximate surface area is 169 Å². The maximum Gasteiger partial charge on any atom is 0.255 e. The summed E-state index contributed by atoms with van der Waals surface area (Å²) in [5.74, 6) is 0.462. The minimum Gasteiger partial charge on any atom is -0.497 e. The van der Waals surface area contributed by atoms with Gasteiger partial charge < -0.3 is 19.4 Å². The van der Waals surface area contributed by atoms with Gasteiger partial charge in [0.1, 0.15) is 23.6 Å². The summed E-state index contributed by atoms with van der Waals surface area (Å²) < 4.78 is 10.7. The van der Waals surface area contributed by atoms with Crippen LogP contribution in [0.25, 0.3) is 11.0 Å². The third kappa shape index (κ3) is 3.91. The van der Waals surface area contributed by atoms with E-state index in [1.54, 1.807) is 30.2 Å². The predicted molar refractivity (Wildman–Crippen MR) is 105 cm³/mol. The Bertz CT molecular complexity index is 963. The van der Waals surface area contributed by atoms with Crippen molar-refractivity contribution < 1.29 is 18.7 Å². The summed E-state index contributed by atoms with van der Waals surface area (Å²) in [6.45, 7) is 2.29. The van der Waals surface area contributed by atoms with E-state index in [4.69, 9.17) is 14.4 Å². The molecule has 8 heteroatoms. The highest BCUT2D eigenvalue weighted by atomic mass is 16.5. The molecule has 4 rings (SSSR count). The van der Waals surface area contributed by atoms with E-state index in [2.05, 4.69) is 11.4 Å². The fourth-order valence-electron chi connectivity index (χ4n) is 4.15. The highest BCUT2D eigenvalue weighted by molar-refractivity contribution is 6.06. The van der Waals surface area contributed by atoms with E-state index in [9.17, 15) is 9.59 Å². The summed E-state index contributed by atoms with van der Waals surface area (Å²) in [7, 11) is 1.58. The van der Waals surface area contributed by atoms with Crippen LogP contribution in [0.1, 0.15) is 29.6 Å². The van der Waals surface area contributed by atoms with Gasteiger partial charge in [0, 0.05) is 31.1 Å². The number of carbonyl (C=O) groups excluding carboxylic acids is 2. The lowest BCUT2D eigenvalue weighted by molar-refractivity contribution is -0.132. The summed E-state index contributed by atoms with van der Waals surface area (Å²) in [6, 6.07) is 7.23. The molecule has 0 radical (unpaired) electrons. The number of nitrogens with zero attached hydrogens (tertiary/aromatic N) is 3.